The number of rotatable bonds is 4. The first-order chi connectivity index (χ1) is 7.29. The van der Waals surface area contributed by atoms with Gasteiger partial charge in [-0.1, -0.05) is 0 Å². The molecule has 1 N–H and O–H groups in total. The van der Waals surface area contributed by atoms with E-state index in [2.05, 4.69) is 10.4 Å². The van der Waals surface area contributed by atoms with E-state index >= 15 is 0 Å². The Labute approximate surface area is 89.7 Å². The van der Waals surface area contributed by atoms with Gasteiger partial charge in [-0.3, -0.25) is 9.48 Å². The first-order valence-electron chi connectivity index (χ1n) is 5.56. The minimum atomic E-state index is 0.225. The zero-order valence-electron chi connectivity index (χ0n) is 9.07. The van der Waals surface area contributed by atoms with Crippen molar-refractivity contribution in [2.24, 2.45) is 5.92 Å². The standard InChI is InChI=1S/C11H17N3O/c1-2-14-8-10(7-13-14)11(15)5-9-3-4-12-6-9/h7-9,12H,2-6H2,1H3. The van der Waals surface area contributed by atoms with Crippen LogP contribution >= 0.6 is 0 Å². The summed E-state index contributed by atoms with van der Waals surface area (Å²) in [5, 5.41) is 7.38. The van der Waals surface area contributed by atoms with Gasteiger partial charge in [0.25, 0.3) is 0 Å². The largest absolute Gasteiger partial charge is 0.316 e. The molecule has 0 aliphatic carbocycles. The molecule has 15 heavy (non-hydrogen) atoms. The third-order valence-corrected chi connectivity index (χ3v) is 2.92. The Kier molecular flexibility index (Phi) is 3.16. The summed E-state index contributed by atoms with van der Waals surface area (Å²) in [6.07, 6.45) is 5.29. The van der Waals surface area contributed by atoms with Crippen LogP contribution in [0, 0.1) is 5.92 Å². The highest BCUT2D eigenvalue weighted by Gasteiger charge is 2.19. The van der Waals surface area contributed by atoms with Crippen molar-refractivity contribution in [1.29, 1.82) is 0 Å². The second-order valence-corrected chi connectivity index (χ2v) is 4.07. The SMILES string of the molecule is CCn1cc(C(=O)CC2CCNC2)cn1. The maximum atomic E-state index is 11.8. The smallest absolute Gasteiger partial charge is 0.166 e. The number of aromatic nitrogens is 2. The van der Waals surface area contributed by atoms with E-state index < -0.39 is 0 Å². The van der Waals surface area contributed by atoms with E-state index in [9.17, 15) is 4.79 Å². The Morgan fingerprint density at radius 1 is 1.73 bits per heavy atom. The van der Waals surface area contributed by atoms with E-state index in [1.54, 1.807) is 10.9 Å². The van der Waals surface area contributed by atoms with Crippen molar-refractivity contribution in [2.75, 3.05) is 13.1 Å². The zero-order valence-corrected chi connectivity index (χ0v) is 9.07. The number of Topliss-reactive ketones (excluding diaryl/α,β-unsaturated/α-hetero) is 1. The second-order valence-electron chi connectivity index (χ2n) is 4.07. The third kappa shape index (κ3) is 2.45. The molecular weight excluding hydrogens is 190 g/mol. The van der Waals surface area contributed by atoms with Crippen LogP contribution in [0.3, 0.4) is 0 Å². The van der Waals surface area contributed by atoms with Crippen LogP contribution in [0.1, 0.15) is 30.1 Å². The monoisotopic (exact) mass is 207 g/mol. The molecule has 1 aromatic heterocycles. The van der Waals surface area contributed by atoms with E-state index in [1.807, 2.05) is 13.1 Å². The lowest BCUT2D eigenvalue weighted by atomic mass is 9.99. The summed E-state index contributed by atoms with van der Waals surface area (Å²) >= 11 is 0. The summed E-state index contributed by atoms with van der Waals surface area (Å²) in [7, 11) is 0. The molecule has 1 saturated heterocycles. The van der Waals surface area contributed by atoms with Gasteiger partial charge in [-0.2, -0.15) is 5.10 Å². The van der Waals surface area contributed by atoms with E-state index in [-0.39, 0.29) is 5.78 Å². The van der Waals surface area contributed by atoms with E-state index in [1.165, 1.54) is 0 Å². The van der Waals surface area contributed by atoms with Gasteiger partial charge < -0.3 is 5.32 Å². The highest BCUT2D eigenvalue weighted by Crippen LogP contribution is 2.15. The minimum Gasteiger partial charge on any atom is -0.316 e. The lowest BCUT2D eigenvalue weighted by Crippen LogP contribution is -2.12. The first-order valence-corrected chi connectivity index (χ1v) is 5.56. The topological polar surface area (TPSA) is 46.9 Å². The van der Waals surface area contributed by atoms with Crippen molar-refractivity contribution < 1.29 is 4.79 Å². The average Bonchev–Trinajstić information content (AvgIpc) is 2.86. The molecule has 0 radical (unpaired) electrons. The molecule has 4 nitrogen and oxygen atoms in total. The average molecular weight is 207 g/mol. The quantitative estimate of drug-likeness (QED) is 0.752. The molecule has 1 fully saturated rings. The number of nitrogens with one attached hydrogen (secondary N) is 1. The number of aryl methyl sites for hydroxylation is 1. The molecular formula is C11H17N3O. The number of ketones is 1. The van der Waals surface area contributed by atoms with Crippen molar-refractivity contribution in [3.05, 3.63) is 18.0 Å². The fourth-order valence-corrected chi connectivity index (χ4v) is 1.95. The Balaban J connectivity index is 1.94. The molecule has 82 valence electrons. The van der Waals surface area contributed by atoms with Gasteiger partial charge in [0.05, 0.1) is 11.8 Å². The highest BCUT2D eigenvalue weighted by atomic mass is 16.1. The number of nitrogens with zero attached hydrogens (tertiary/aromatic N) is 2. The Morgan fingerprint density at radius 3 is 3.20 bits per heavy atom. The molecule has 0 saturated carbocycles. The van der Waals surface area contributed by atoms with Crippen LogP contribution < -0.4 is 5.32 Å². The molecule has 0 aromatic carbocycles. The predicted molar refractivity (Wildman–Crippen MR) is 57.8 cm³/mol. The molecule has 2 rings (SSSR count). The van der Waals surface area contributed by atoms with Crippen LogP contribution in [-0.4, -0.2) is 28.7 Å². The molecule has 1 aromatic rings. The molecule has 0 amide bonds. The molecule has 1 atom stereocenters. The lowest BCUT2D eigenvalue weighted by molar-refractivity contribution is 0.0964. The summed E-state index contributed by atoms with van der Waals surface area (Å²) in [4.78, 5) is 11.8. The molecule has 0 spiro atoms. The molecule has 2 heterocycles. The van der Waals surface area contributed by atoms with Crippen LogP contribution in [0.5, 0.6) is 0 Å². The number of hydrogen-bond acceptors (Lipinski definition) is 3. The number of hydrogen-bond donors (Lipinski definition) is 1. The maximum absolute atomic E-state index is 11.8. The lowest BCUT2D eigenvalue weighted by Gasteiger charge is -2.04. The third-order valence-electron chi connectivity index (χ3n) is 2.92. The van der Waals surface area contributed by atoms with Crippen LogP contribution in [-0.2, 0) is 6.54 Å². The predicted octanol–water partition coefficient (Wildman–Crippen LogP) is 1.09. The van der Waals surface area contributed by atoms with Crippen LogP contribution in [0.2, 0.25) is 0 Å². The molecule has 1 unspecified atom stereocenters. The van der Waals surface area contributed by atoms with Gasteiger partial charge in [-0.15, -0.1) is 0 Å². The van der Waals surface area contributed by atoms with Crippen LogP contribution in [0.25, 0.3) is 0 Å². The Hall–Kier alpha value is -1.16. The van der Waals surface area contributed by atoms with Crippen molar-refractivity contribution in [1.82, 2.24) is 15.1 Å². The molecule has 4 heteroatoms. The Morgan fingerprint density at radius 2 is 2.60 bits per heavy atom. The Bertz CT molecular complexity index is 339. The van der Waals surface area contributed by atoms with Gasteiger partial charge >= 0.3 is 0 Å². The van der Waals surface area contributed by atoms with Crippen molar-refractivity contribution in [2.45, 2.75) is 26.3 Å². The first kappa shape index (κ1) is 10.4. The van der Waals surface area contributed by atoms with Crippen LogP contribution in [0.4, 0.5) is 0 Å². The minimum absolute atomic E-state index is 0.225. The van der Waals surface area contributed by atoms with Gasteiger partial charge in [0.2, 0.25) is 0 Å². The van der Waals surface area contributed by atoms with Gasteiger partial charge in [0, 0.05) is 19.2 Å². The van der Waals surface area contributed by atoms with Crippen molar-refractivity contribution >= 4 is 5.78 Å². The van der Waals surface area contributed by atoms with E-state index in [0.29, 0.717) is 12.3 Å². The van der Waals surface area contributed by atoms with Crippen molar-refractivity contribution in [3.63, 3.8) is 0 Å². The summed E-state index contributed by atoms with van der Waals surface area (Å²) in [5.41, 5.74) is 0.753. The fourth-order valence-electron chi connectivity index (χ4n) is 1.95. The summed E-state index contributed by atoms with van der Waals surface area (Å²) in [6, 6.07) is 0. The van der Waals surface area contributed by atoms with Gasteiger partial charge in [0.1, 0.15) is 0 Å². The summed E-state index contributed by atoms with van der Waals surface area (Å²) in [5.74, 6) is 0.742. The molecule has 1 aliphatic heterocycles. The second kappa shape index (κ2) is 4.57. The molecule has 1 aliphatic rings. The zero-order chi connectivity index (χ0) is 10.7. The van der Waals surface area contributed by atoms with Gasteiger partial charge in [0.15, 0.2) is 5.78 Å². The van der Waals surface area contributed by atoms with E-state index in [4.69, 9.17) is 0 Å². The van der Waals surface area contributed by atoms with E-state index in [0.717, 1.165) is 31.6 Å². The maximum Gasteiger partial charge on any atom is 0.166 e. The number of carbonyl (C=O) groups is 1. The summed E-state index contributed by atoms with van der Waals surface area (Å²) in [6.45, 7) is 4.86. The fraction of sp³-hybridized carbons (Fsp3) is 0.636. The van der Waals surface area contributed by atoms with Crippen molar-refractivity contribution in [3.8, 4) is 0 Å². The van der Waals surface area contributed by atoms with Crippen LogP contribution in [0.15, 0.2) is 12.4 Å². The van der Waals surface area contributed by atoms with Gasteiger partial charge in [-0.25, -0.2) is 0 Å². The molecule has 0 bridgehead atoms. The highest BCUT2D eigenvalue weighted by molar-refractivity contribution is 5.95. The normalized spacial score (nSPS) is 20.7. The van der Waals surface area contributed by atoms with Gasteiger partial charge in [-0.05, 0) is 32.4 Å². The summed E-state index contributed by atoms with van der Waals surface area (Å²) < 4.78 is 1.79. The number of carbonyl (C=O) groups excluding carboxylic acids is 1.